The van der Waals surface area contributed by atoms with Crippen LogP contribution in [0.15, 0.2) is 24.5 Å². The van der Waals surface area contributed by atoms with Crippen molar-refractivity contribution < 1.29 is 0 Å². The second-order valence-corrected chi connectivity index (χ2v) is 6.67. The number of hydrogen-bond acceptors (Lipinski definition) is 4. The molecule has 0 saturated carbocycles. The van der Waals surface area contributed by atoms with E-state index in [9.17, 15) is 0 Å². The Morgan fingerprint density at radius 2 is 2.11 bits per heavy atom. The van der Waals surface area contributed by atoms with Gasteiger partial charge in [0.2, 0.25) is 0 Å². The van der Waals surface area contributed by atoms with E-state index < -0.39 is 0 Å². The number of pyridine rings is 1. The Balaban J connectivity index is 2.23. The summed E-state index contributed by atoms with van der Waals surface area (Å²) in [7, 11) is 0. The van der Waals surface area contributed by atoms with Crippen molar-refractivity contribution in [1.82, 2.24) is 15.3 Å². The molecule has 2 rings (SSSR count). The third kappa shape index (κ3) is 3.85. The molecule has 0 unspecified atom stereocenters. The molecule has 0 bridgehead atoms. The number of hydrogen-bond donors (Lipinski definition) is 1. The highest BCUT2D eigenvalue weighted by Crippen LogP contribution is 2.28. The van der Waals surface area contributed by atoms with Crippen LogP contribution in [-0.2, 0) is 13.0 Å². The fourth-order valence-electron chi connectivity index (χ4n) is 1.76. The van der Waals surface area contributed by atoms with Gasteiger partial charge in [-0.3, -0.25) is 4.98 Å². The van der Waals surface area contributed by atoms with Crippen LogP contribution in [-0.4, -0.2) is 15.5 Å². The van der Waals surface area contributed by atoms with E-state index in [-0.39, 0.29) is 5.54 Å². The van der Waals surface area contributed by atoms with Crippen molar-refractivity contribution in [3.63, 3.8) is 0 Å². The predicted octanol–water partition coefficient (Wildman–Crippen LogP) is 3.66. The van der Waals surface area contributed by atoms with Gasteiger partial charge in [-0.05, 0) is 39.3 Å². The van der Waals surface area contributed by atoms with Crippen molar-refractivity contribution >= 4 is 11.3 Å². The monoisotopic (exact) mass is 275 g/mol. The average molecular weight is 275 g/mol. The number of thiazole rings is 1. The lowest BCUT2D eigenvalue weighted by Gasteiger charge is -2.20. The minimum absolute atomic E-state index is 0.128. The van der Waals surface area contributed by atoms with Gasteiger partial charge in [0.1, 0.15) is 5.01 Å². The van der Waals surface area contributed by atoms with Crippen molar-refractivity contribution in [2.75, 3.05) is 0 Å². The summed E-state index contributed by atoms with van der Waals surface area (Å²) >= 11 is 1.76. The van der Waals surface area contributed by atoms with Gasteiger partial charge in [0, 0.05) is 34.9 Å². The van der Waals surface area contributed by atoms with Gasteiger partial charge >= 0.3 is 0 Å². The summed E-state index contributed by atoms with van der Waals surface area (Å²) in [5.74, 6) is 0. The van der Waals surface area contributed by atoms with Crippen LogP contribution in [0.3, 0.4) is 0 Å². The molecule has 102 valence electrons. The van der Waals surface area contributed by atoms with Gasteiger partial charge in [0.05, 0.1) is 5.69 Å². The maximum atomic E-state index is 4.74. The van der Waals surface area contributed by atoms with E-state index in [1.54, 1.807) is 17.5 Å². The third-order valence-electron chi connectivity index (χ3n) is 2.80. The Morgan fingerprint density at radius 1 is 1.32 bits per heavy atom. The molecule has 0 atom stereocenters. The predicted molar refractivity (Wildman–Crippen MR) is 81.3 cm³/mol. The summed E-state index contributed by atoms with van der Waals surface area (Å²) in [6.45, 7) is 9.58. The number of nitrogens with zero attached hydrogens (tertiary/aromatic N) is 2. The van der Waals surface area contributed by atoms with E-state index >= 15 is 0 Å². The zero-order valence-corrected chi connectivity index (χ0v) is 12.8. The molecule has 2 aromatic heterocycles. The SMILES string of the molecule is CCc1nc(-c2cccnc2)sc1CNC(C)(C)C. The van der Waals surface area contributed by atoms with Gasteiger partial charge in [-0.15, -0.1) is 11.3 Å². The molecule has 19 heavy (non-hydrogen) atoms. The van der Waals surface area contributed by atoms with E-state index in [1.807, 2.05) is 12.3 Å². The standard InChI is InChI=1S/C15H21N3S/c1-5-12-13(10-17-15(2,3)4)19-14(18-12)11-7-6-8-16-9-11/h6-9,17H,5,10H2,1-4H3. The second-order valence-electron chi connectivity index (χ2n) is 5.59. The van der Waals surface area contributed by atoms with Crippen molar-refractivity contribution in [2.45, 2.75) is 46.2 Å². The molecule has 0 radical (unpaired) electrons. The van der Waals surface area contributed by atoms with Gasteiger partial charge in [-0.25, -0.2) is 4.98 Å². The first-order valence-electron chi connectivity index (χ1n) is 6.63. The largest absolute Gasteiger partial charge is 0.307 e. The second kappa shape index (κ2) is 5.80. The maximum Gasteiger partial charge on any atom is 0.125 e. The Kier molecular flexibility index (Phi) is 4.32. The maximum absolute atomic E-state index is 4.74. The van der Waals surface area contributed by atoms with Crippen LogP contribution in [0.1, 0.15) is 38.3 Å². The fourth-order valence-corrected chi connectivity index (χ4v) is 2.84. The summed E-state index contributed by atoms with van der Waals surface area (Å²) < 4.78 is 0. The lowest BCUT2D eigenvalue weighted by molar-refractivity contribution is 0.425. The van der Waals surface area contributed by atoms with Gasteiger partial charge < -0.3 is 5.32 Å². The van der Waals surface area contributed by atoms with Crippen molar-refractivity contribution in [3.8, 4) is 10.6 Å². The summed E-state index contributed by atoms with van der Waals surface area (Å²) in [5.41, 5.74) is 2.42. The molecule has 0 spiro atoms. The molecule has 2 heterocycles. The molecule has 3 nitrogen and oxygen atoms in total. The van der Waals surface area contributed by atoms with Gasteiger partial charge in [0.15, 0.2) is 0 Å². The lowest BCUT2D eigenvalue weighted by Crippen LogP contribution is -2.35. The van der Waals surface area contributed by atoms with Crippen LogP contribution >= 0.6 is 11.3 Å². The minimum Gasteiger partial charge on any atom is -0.307 e. The number of rotatable bonds is 4. The minimum atomic E-state index is 0.128. The van der Waals surface area contributed by atoms with Crippen LogP contribution in [0.4, 0.5) is 0 Å². The lowest BCUT2D eigenvalue weighted by atomic mass is 10.1. The number of aryl methyl sites for hydroxylation is 1. The van der Waals surface area contributed by atoms with Crippen molar-refractivity contribution in [1.29, 1.82) is 0 Å². The zero-order valence-electron chi connectivity index (χ0n) is 12.0. The molecular formula is C15H21N3S. The van der Waals surface area contributed by atoms with E-state index in [4.69, 9.17) is 4.98 Å². The van der Waals surface area contributed by atoms with Crippen molar-refractivity contribution in [2.24, 2.45) is 0 Å². The van der Waals surface area contributed by atoms with Crippen LogP contribution in [0, 0.1) is 0 Å². The molecule has 0 saturated heterocycles. The number of aromatic nitrogens is 2. The quantitative estimate of drug-likeness (QED) is 0.925. The first-order chi connectivity index (χ1) is 8.99. The first-order valence-corrected chi connectivity index (χ1v) is 7.45. The zero-order chi connectivity index (χ0) is 13.9. The van der Waals surface area contributed by atoms with Crippen LogP contribution in [0.2, 0.25) is 0 Å². The van der Waals surface area contributed by atoms with E-state index in [0.717, 1.165) is 23.5 Å². The first kappa shape index (κ1) is 14.2. The van der Waals surface area contributed by atoms with E-state index in [1.165, 1.54) is 10.6 Å². The fraction of sp³-hybridized carbons (Fsp3) is 0.467. The van der Waals surface area contributed by atoms with E-state index in [2.05, 4.69) is 44.1 Å². The highest BCUT2D eigenvalue weighted by atomic mass is 32.1. The Morgan fingerprint density at radius 3 is 2.68 bits per heavy atom. The molecule has 0 aromatic carbocycles. The number of nitrogens with one attached hydrogen (secondary N) is 1. The summed E-state index contributed by atoms with van der Waals surface area (Å²) in [6, 6.07) is 4.02. The molecule has 0 aliphatic heterocycles. The molecule has 0 fully saturated rings. The summed E-state index contributed by atoms with van der Waals surface area (Å²) in [5, 5.41) is 4.60. The molecule has 1 N–H and O–H groups in total. The molecular weight excluding hydrogens is 254 g/mol. The Labute approximate surface area is 119 Å². The summed E-state index contributed by atoms with van der Waals surface area (Å²) in [4.78, 5) is 10.2. The average Bonchev–Trinajstić information content (AvgIpc) is 2.80. The third-order valence-corrected chi connectivity index (χ3v) is 3.95. The molecule has 0 aliphatic rings. The topological polar surface area (TPSA) is 37.8 Å². The highest BCUT2D eigenvalue weighted by Gasteiger charge is 2.14. The van der Waals surface area contributed by atoms with Crippen molar-refractivity contribution in [3.05, 3.63) is 35.1 Å². The van der Waals surface area contributed by atoms with Crippen LogP contribution < -0.4 is 5.32 Å². The van der Waals surface area contributed by atoms with Gasteiger partial charge in [-0.2, -0.15) is 0 Å². The van der Waals surface area contributed by atoms with Gasteiger partial charge in [-0.1, -0.05) is 6.92 Å². The Bertz CT molecular complexity index is 526. The van der Waals surface area contributed by atoms with Crippen LogP contribution in [0.5, 0.6) is 0 Å². The Hall–Kier alpha value is -1.26. The summed E-state index contributed by atoms with van der Waals surface area (Å²) in [6.07, 6.45) is 4.64. The molecule has 2 aromatic rings. The smallest absolute Gasteiger partial charge is 0.125 e. The van der Waals surface area contributed by atoms with Crippen LogP contribution in [0.25, 0.3) is 10.6 Å². The molecule has 4 heteroatoms. The molecule has 0 aliphatic carbocycles. The normalized spacial score (nSPS) is 11.8. The highest BCUT2D eigenvalue weighted by molar-refractivity contribution is 7.15. The van der Waals surface area contributed by atoms with E-state index in [0.29, 0.717) is 0 Å². The molecule has 0 amide bonds. The van der Waals surface area contributed by atoms with Gasteiger partial charge in [0.25, 0.3) is 0 Å².